The van der Waals surface area contributed by atoms with Gasteiger partial charge in [0.25, 0.3) is 0 Å². The first-order chi connectivity index (χ1) is 8.07. The first-order valence-electron chi connectivity index (χ1n) is 6.76. The molecule has 0 bridgehead atoms. The molecule has 2 unspecified atom stereocenters. The van der Waals surface area contributed by atoms with Gasteiger partial charge in [0.05, 0.1) is 5.54 Å². The zero-order valence-corrected chi connectivity index (χ0v) is 11.0. The van der Waals surface area contributed by atoms with E-state index >= 15 is 0 Å². The van der Waals surface area contributed by atoms with E-state index in [-0.39, 0.29) is 5.91 Å². The second kappa shape index (κ2) is 4.94. The highest BCUT2D eigenvalue weighted by Crippen LogP contribution is 2.34. The summed E-state index contributed by atoms with van der Waals surface area (Å²) in [5, 5.41) is 3.14. The molecular weight excluding hydrogens is 214 g/mol. The minimum Gasteiger partial charge on any atom is -0.368 e. The monoisotopic (exact) mass is 239 g/mol. The molecule has 2 fully saturated rings. The second-order valence-electron chi connectivity index (χ2n) is 5.83. The van der Waals surface area contributed by atoms with Gasteiger partial charge in [0.15, 0.2) is 0 Å². The lowest BCUT2D eigenvalue weighted by molar-refractivity contribution is -0.124. The lowest BCUT2D eigenvalue weighted by Gasteiger charge is -2.34. The molecule has 0 heterocycles. The molecule has 2 rings (SSSR count). The lowest BCUT2D eigenvalue weighted by atomic mass is 9.85. The van der Waals surface area contributed by atoms with Gasteiger partial charge in [-0.25, -0.2) is 0 Å². The van der Waals surface area contributed by atoms with Gasteiger partial charge in [0, 0.05) is 12.6 Å². The summed E-state index contributed by atoms with van der Waals surface area (Å²) >= 11 is 0. The van der Waals surface area contributed by atoms with Crippen LogP contribution in [0.5, 0.6) is 0 Å². The van der Waals surface area contributed by atoms with E-state index in [1.54, 1.807) is 0 Å². The maximum absolute atomic E-state index is 11.6. The molecule has 0 aromatic carbocycles. The largest absolute Gasteiger partial charge is 0.368 e. The quantitative estimate of drug-likeness (QED) is 0.743. The second-order valence-corrected chi connectivity index (χ2v) is 5.83. The van der Waals surface area contributed by atoms with E-state index < -0.39 is 5.54 Å². The summed E-state index contributed by atoms with van der Waals surface area (Å²) in [4.78, 5) is 14.0. The van der Waals surface area contributed by atoms with Gasteiger partial charge >= 0.3 is 0 Å². The molecule has 3 N–H and O–H groups in total. The summed E-state index contributed by atoms with van der Waals surface area (Å²) in [5.41, 5.74) is 5.06. The smallest absolute Gasteiger partial charge is 0.237 e. The van der Waals surface area contributed by atoms with Gasteiger partial charge in [-0.15, -0.1) is 0 Å². The Kier molecular flexibility index (Phi) is 3.73. The fourth-order valence-electron chi connectivity index (χ4n) is 3.20. The Labute approximate surface area is 104 Å². The van der Waals surface area contributed by atoms with Crippen LogP contribution in [0.15, 0.2) is 0 Å². The van der Waals surface area contributed by atoms with Crippen molar-refractivity contribution >= 4 is 5.91 Å². The van der Waals surface area contributed by atoms with Crippen LogP contribution in [0.1, 0.15) is 38.5 Å². The van der Waals surface area contributed by atoms with Crippen molar-refractivity contribution in [2.24, 2.45) is 11.7 Å². The van der Waals surface area contributed by atoms with Gasteiger partial charge < -0.3 is 16.0 Å². The number of primary amides is 1. The van der Waals surface area contributed by atoms with Crippen molar-refractivity contribution < 1.29 is 4.79 Å². The Morgan fingerprint density at radius 2 is 2.18 bits per heavy atom. The fraction of sp³-hybridized carbons (Fsp3) is 0.923. The molecule has 4 heteroatoms. The number of rotatable bonds is 5. The molecule has 0 aromatic heterocycles. The standard InChI is InChI=1S/C13H25N3O/c1-15-13(12(14)17)7-6-11(8-13)16(2)9-10-4-3-5-10/h10-11,15H,3-9H2,1-2H3,(H2,14,17). The molecule has 0 spiro atoms. The normalized spacial score (nSPS) is 33.9. The third kappa shape index (κ3) is 2.47. The number of likely N-dealkylation sites (N-methyl/N-ethyl adjacent to an activating group) is 1. The molecular formula is C13H25N3O. The van der Waals surface area contributed by atoms with Crippen LogP contribution in [-0.2, 0) is 4.79 Å². The minimum absolute atomic E-state index is 0.195. The topological polar surface area (TPSA) is 58.4 Å². The molecule has 0 aliphatic heterocycles. The zero-order chi connectivity index (χ0) is 12.5. The number of nitrogens with zero attached hydrogens (tertiary/aromatic N) is 1. The molecule has 2 aliphatic rings. The fourth-order valence-corrected chi connectivity index (χ4v) is 3.20. The Hall–Kier alpha value is -0.610. The van der Waals surface area contributed by atoms with E-state index in [0.29, 0.717) is 6.04 Å². The molecule has 2 aliphatic carbocycles. The maximum Gasteiger partial charge on any atom is 0.237 e. The Morgan fingerprint density at radius 1 is 1.47 bits per heavy atom. The Bertz CT molecular complexity index is 290. The summed E-state index contributed by atoms with van der Waals surface area (Å²) in [6, 6.07) is 0.510. The molecule has 1 amide bonds. The average Bonchev–Trinajstić information content (AvgIpc) is 2.68. The first kappa shape index (κ1) is 12.8. The highest BCUT2D eigenvalue weighted by Gasteiger charge is 2.44. The molecule has 0 saturated heterocycles. The van der Waals surface area contributed by atoms with Crippen LogP contribution in [0.2, 0.25) is 0 Å². The van der Waals surface area contributed by atoms with Crippen LogP contribution in [0.4, 0.5) is 0 Å². The number of carbonyl (C=O) groups excluding carboxylic acids is 1. The molecule has 2 saturated carbocycles. The van der Waals surface area contributed by atoms with E-state index in [1.165, 1.54) is 25.8 Å². The van der Waals surface area contributed by atoms with Gasteiger partial charge in [-0.2, -0.15) is 0 Å². The van der Waals surface area contributed by atoms with Crippen LogP contribution >= 0.6 is 0 Å². The highest BCUT2D eigenvalue weighted by molar-refractivity contribution is 5.85. The van der Waals surface area contributed by atoms with Gasteiger partial charge in [-0.05, 0) is 52.1 Å². The summed E-state index contributed by atoms with van der Waals surface area (Å²) in [6.07, 6.45) is 6.96. The van der Waals surface area contributed by atoms with Gasteiger partial charge in [0.1, 0.15) is 0 Å². The zero-order valence-electron chi connectivity index (χ0n) is 11.0. The minimum atomic E-state index is -0.460. The van der Waals surface area contributed by atoms with Crippen molar-refractivity contribution in [1.82, 2.24) is 10.2 Å². The summed E-state index contributed by atoms with van der Waals surface area (Å²) in [5.74, 6) is 0.692. The highest BCUT2D eigenvalue weighted by atomic mass is 16.1. The van der Waals surface area contributed by atoms with Crippen molar-refractivity contribution in [2.75, 3.05) is 20.6 Å². The van der Waals surface area contributed by atoms with Crippen LogP contribution < -0.4 is 11.1 Å². The predicted molar refractivity (Wildman–Crippen MR) is 68.6 cm³/mol. The van der Waals surface area contributed by atoms with E-state index in [0.717, 1.165) is 25.2 Å². The number of hydrogen-bond acceptors (Lipinski definition) is 3. The molecule has 2 atom stereocenters. The Balaban J connectivity index is 1.89. The van der Waals surface area contributed by atoms with Crippen molar-refractivity contribution in [3.8, 4) is 0 Å². The average molecular weight is 239 g/mol. The lowest BCUT2D eigenvalue weighted by Crippen LogP contribution is -2.53. The van der Waals surface area contributed by atoms with Crippen molar-refractivity contribution in [1.29, 1.82) is 0 Å². The van der Waals surface area contributed by atoms with E-state index in [9.17, 15) is 4.79 Å². The first-order valence-corrected chi connectivity index (χ1v) is 6.76. The van der Waals surface area contributed by atoms with Crippen molar-refractivity contribution in [2.45, 2.75) is 50.1 Å². The molecule has 98 valence electrons. The third-order valence-corrected chi connectivity index (χ3v) is 4.83. The van der Waals surface area contributed by atoms with Gasteiger partial charge in [0.2, 0.25) is 5.91 Å². The number of nitrogens with one attached hydrogen (secondary N) is 1. The van der Waals surface area contributed by atoms with E-state index in [4.69, 9.17) is 5.73 Å². The number of amides is 1. The van der Waals surface area contributed by atoms with E-state index in [2.05, 4.69) is 17.3 Å². The van der Waals surface area contributed by atoms with E-state index in [1.807, 2.05) is 7.05 Å². The van der Waals surface area contributed by atoms with Crippen LogP contribution in [0.3, 0.4) is 0 Å². The molecule has 4 nitrogen and oxygen atoms in total. The third-order valence-electron chi connectivity index (χ3n) is 4.83. The summed E-state index contributed by atoms with van der Waals surface area (Å²) in [6.45, 7) is 1.18. The van der Waals surface area contributed by atoms with Gasteiger partial charge in [-0.3, -0.25) is 4.79 Å². The van der Waals surface area contributed by atoms with Crippen molar-refractivity contribution in [3.63, 3.8) is 0 Å². The Morgan fingerprint density at radius 3 is 2.59 bits per heavy atom. The van der Waals surface area contributed by atoms with Crippen LogP contribution in [0, 0.1) is 5.92 Å². The number of nitrogens with two attached hydrogens (primary N) is 1. The molecule has 0 radical (unpaired) electrons. The van der Waals surface area contributed by atoms with Gasteiger partial charge in [-0.1, -0.05) is 6.42 Å². The number of hydrogen-bond donors (Lipinski definition) is 2. The van der Waals surface area contributed by atoms with Crippen molar-refractivity contribution in [3.05, 3.63) is 0 Å². The molecule has 17 heavy (non-hydrogen) atoms. The summed E-state index contributed by atoms with van der Waals surface area (Å²) in [7, 11) is 4.04. The molecule has 0 aromatic rings. The SMILES string of the molecule is CNC1(C(N)=O)CCC(N(C)CC2CCC2)C1. The summed E-state index contributed by atoms with van der Waals surface area (Å²) < 4.78 is 0. The number of carbonyl (C=O) groups is 1. The predicted octanol–water partition coefficient (Wildman–Crippen LogP) is 0.714. The van der Waals surface area contributed by atoms with Crippen LogP contribution in [0.25, 0.3) is 0 Å². The maximum atomic E-state index is 11.6. The van der Waals surface area contributed by atoms with Crippen LogP contribution in [-0.4, -0.2) is 43.0 Å².